The number of benzene rings is 1. The van der Waals surface area contributed by atoms with Crippen molar-refractivity contribution in [2.24, 2.45) is 0 Å². The second-order valence-corrected chi connectivity index (χ2v) is 8.82. The monoisotopic (exact) mass is 407 g/mol. The van der Waals surface area contributed by atoms with Crippen LogP contribution in [-0.2, 0) is 0 Å². The van der Waals surface area contributed by atoms with Crippen LogP contribution in [0.2, 0.25) is 0 Å². The Hall–Kier alpha value is -1.44. The Kier molecular flexibility index (Phi) is 4.09. The molecular weight excluding hydrogens is 394 g/mol. The topological polar surface area (TPSA) is 36.4 Å². The summed E-state index contributed by atoms with van der Waals surface area (Å²) in [5.74, 6) is 0.129. The molecule has 0 saturated carbocycles. The Labute approximate surface area is 150 Å². The van der Waals surface area contributed by atoms with Crippen LogP contribution in [0.15, 0.2) is 40.2 Å². The molecule has 7 heteroatoms. The summed E-state index contributed by atoms with van der Waals surface area (Å²) in [6.45, 7) is 3.14. The third-order valence-corrected chi connectivity index (χ3v) is 6.61. The number of carbonyl (C=O) groups is 1. The fraction of sp³-hybridized carbons (Fsp3) is 0.250. The quantitative estimate of drug-likeness (QED) is 0.641. The van der Waals surface area contributed by atoms with E-state index in [2.05, 4.69) is 26.9 Å². The number of carbonyl (C=O) groups excluding carboxylic acids is 1. The number of hydrogen-bond acceptors (Lipinski definition) is 5. The summed E-state index contributed by atoms with van der Waals surface area (Å²) in [5, 5.41) is 1.05. The van der Waals surface area contributed by atoms with Crippen molar-refractivity contribution in [3.8, 4) is 0 Å². The van der Waals surface area contributed by atoms with Crippen molar-refractivity contribution in [1.82, 2.24) is 9.88 Å². The van der Waals surface area contributed by atoms with Crippen LogP contribution >= 0.6 is 38.6 Å². The number of hydrogen-bond donors (Lipinski definition) is 0. The van der Waals surface area contributed by atoms with E-state index in [9.17, 15) is 4.79 Å². The van der Waals surface area contributed by atoms with E-state index < -0.39 is 0 Å². The highest BCUT2D eigenvalue weighted by Crippen LogP contribution is 2.29. The summed E-state index contributed by atoms with van der Waals surface area (Å²) >= 11 is 6.63. The van der Waals surface area contributed by atoms with Gasteiger partial charge < -0.3 is 9.80 Å². The molecule has 1 aliphatic heterocycles. The molecule has 1 saturated heterocycles. The van der Waals surface area contributed by atoms with Crippen LogP contribution < -0.4 is 4.90 Å². The van der Waals surface area contributed by atoms with Gasteiger partial charge in [0, 0.05) is 26.2 Å². The molecule has 4 rings (SSSR count). The number of thiazole rings is 1. The van der Waals surface area contributed by atoms with Crippen molar-refractivity contribution < 1.29 is 4.79 Å². The number of thiophene rings is 1. The molecule has 1 aliphatic rings. The molecule has 0 spiro atoms. The van der Waals surface area contributed by atoms with Crippen LogP contribution in [-0.4, -0.2) is 42.0 Å². The molecule has 23 heavy (non-hydrogen) atoms. The molecule has 3 heterocycles. The van der Waals surface area contributed by atoms with Crippen LogP contribution in [0.4, 0.5) is 5.13 Å². The summed E-state index contributed by atoms with van der Waals surface area (Å²) in [5.41, 5.74) is 1.05. The zero-order chi connectivity index (χ0) is 15.8. The molecular formula is C16H14BrN3OS2. The van der Waals surface area contributed by atoms with E-state index in [1.807, 2.05) is 35.2 Å². The summed E-state index contributed by atoms with van der Waals surface area (Å²) in [7, 11) is 0. The van der Waals surface area contributed by atoms with Gasteiger partial charge in [-0.2, -0.15) is 0 Å². The molecule has 118 valence electrons. The van der Waals surface area contributed by atoms with Gasteiger partial charge in [0.2, 0.25) is 0 Å². The molecule has 0 bridgehead atoms. The molecule has 0 aliphatic carbocycles. The van der Waals surface area contributed by atoms with Crippen LogP contribution in [0, 0.1) is 0 Å². The lowest BCUT2D eigenvalue weighted by Gasteiger charge is -2.34. The fourth-order valence-electron chi connectivity index (χ4n) is 2.68. The Morgan fingerprint density at radius 3 is 2.52 bits per heavy atom. The first kappa shape index (κ1) is 15.1. The minimum Gasteiger partial charge on any atom is -0.345 e. The Morgan fingerprint density at radius 1 is 1.04 bits per heavy atom. The first-order chi connectivity index (χ1) is 11.2. The summed E-state index contributed by atoms with van der Waals surface area (Å²) < 4.78 is 2.21. The average Bonchev–Trinajstić information content (AvgIpc) is 3.20. The van der Waals surface area contributed by atoms with Gasteiger partial charge >= 0.3 is 0 Å². The Morgan fingerprint density at radius 2 is 1.83 bits per heavy atom. The molecule has 2 aromatic heterocycles. The molecule has 0 N–H and O–H groups in total. The van der Waals surface area contributed by atoms with Crippen LogP contribution in [0.3, 0.4) is 0 Å². The number of rotatable bonds is 2. The summed E-state index contributed by atoms with van der Waals surface area (Å²) in [6, 6.07) is 12.0. The lowest BCUT2D eigenvalue weighted by atomic mass is 10.3. The normalized spacial score (nSPS) is 15.3. The number of anilines is 1. The number of piperazine rings is 1. The van der Waals surface area contributed by atoms with E-state index in [0.717, 1.165) is 45.5 Å². The number of halogens is 1. The second kappa shape index (κ2) is 6.22. The smallest absolute Gasteiger partial charge is 0.264 e. The van der Waals surface area contributed by atoms with E-state index in [0.29, 0.717) is 0 Å². The average molecular weight is 408 g/mol. The van der Waals surface area contributed by atoms with E-state index in [1.165, 1.54) is 16.0 Å². The second-order valence-electron chi connectivity index (χ2n) is 5.35. The number of fused-ring (bicyclic) bond motifs is 1. The highest BCUT2D eigenvalue weighted by molar-refractivity contribution is 9.11. The minimum atomic E-state index is 0.129. The van der Waals surface area contributed by atoms with Crippen molar-refractivity contribution in [3.05, 3.63) is 45.1 Å². The fourth-order valence-corrected chi connectivity index (χ4v) is 5.05. The number of aromatic nitrogens is 1. The van der Waals surface area contributed by atoms with E-state index in [1.54, 1.807) is 11.3 Å². The van der Waals surface area contributed by atoms with Gasteiger partial charge in [-0.05, 0) is 40.2 Å². The maximum Gasteiger partial charge on any atom is 0.264 e. The zero-order valence-corrected chi connectivity index (χ0v) is 15.5. The van der Waals surface area contributed by atoms with Crippen molar-refractivity contribution in [1.29, 1.82) is 0 Å². The van der Waals surface area contributed by atoms with Gasteiger partial charge in [-0.25, -0.2) is 4.98 Å². The third-order valence-electron chi connectivity index (χ3n) is 3.90. The van der Waals surface area contributed by atoms with E-state index in [4.69, 9.17) is 4.98 Å². The molecule has 4 nitrogen and oxygen atoms in total. The first-order valence-corrected chi connectivity index (χ1v) is 9.78. The van der Waals surface area contributed by atoms with Crippen molar-refractivity contribution in [2.75, 3.05) is 31.1 Å². The van der Waals surface area contributed by atoms with E-state index >= 15 is 0 Å². The first-order valence-electron chi connectivity index (χ1n) is 7.36. The molecule has 0 radical (unpaired) electrons. The van der Waals surface area contributed by atoms with Gasteiger partial charge in [0.15, 0.2) is 5.13 Å². The predicted molar refractivity (Wildman–Crippen MR) is 99.8 cm³/mol. The van der Waals surface area contributed by atoms with Gasteiger partial charge in [-0.1, -0.05) is 23.5 Å². The maximum absolute atomic E-state index is 12.5. The molecule has 3 aromatic rings. The van der Waals surface area contributed by atoms with Crippen molar-refractivity contribution in [3.63, 3.8) is 0 Å². The number of para-hydroxylation sites is 1. The maximum atomic E-state index is 12.5. The SMILES string of the molecule is O=C(c1ccc(Br)s1)N1CCN(c2nc3ccccc3s2)CC1. The van der Waals surface area contributed by atoms with Gasteiger partial charge in [0.1, 0.15) is 0 Å². The largest absolute Gasteiger partial charge is 0.345 e. The van der Waals surface area contributed by atoms with Gasteiger partial charge in [0.25, 0.3) is 5.91 Å². The van der Waals surface area contributed by atoms with Crippen molar-refractivity contribution in [2.45, 2.75) is 0 Å². The standard InChI is InChI=1S/C16H14BrN3OS2/c17-14-6-5-13(22-14)15(21)19-7-9-20(10-8-19)16-18-11-3-1-2-4-12(11)23-16/h1-6H,7-10H2. The molecule has 1 aromatic carbocycles. The van der Waals surface area contributed by atoms with E-state index in [-0.39, 0.29) is 5.91 Å². The summed E-state index contributed by atoms with van der Waals surface area (Å²) in [4.78, 5) is 22.2. The van der Waals surface area contributed by atoms with Crippen molar-refractivity contribution >= 4 is 59.9 Å². The van der Waals surface area contributed by atoms with Gasteiger partial charge in [-0.3, -0.25) is 4.79 Å². The van der Waals surface area contributed by atoms with Gasteiger partial charge in [0.05, 0.1) is 18.9 Å². The number of nitrogens with zero attached hydrogens (tertiary/aromatic N) is 3. The Balaban J connectivity index is 1.45. The van der Waals surface area contributed by atoms with Crippen LogP contribution in [0.1, 0.15) is 9.67 Å². The number of amides is 1. The molecule has 1 amide bonds. The molecule has 0 atom stereocenters. The lowest BCUT2D eigenvalue weighted by molar-refractivity contribution is 0.0751. The van der Waals surface area contributed by atoms with Crippen LogP contribution in [0.25, 0.3) is 10.2 Å². The zero-order valence-electron chi connectivity index (χ0n) is 12.2. The van der Waals surface area contributed by atoms with Crippen LogP contribution in [0.5, 0.6) is 0 Å². The third kappa shape index (κ3) is 3.00. The molecule has 1 fully saturated rings. The van der Waals surface area contributed by atoms with Gasteiger partial charge in [-0.15, -0.1) is 11.3 Å². The minimum absolute atomic E-state index is 0.129. The summed E-state index contributed by atoms with van der Waals surface area (Å²) in [6.07, 6.45) is 0. The highest BCUT2D eigenvalue weighted by Gasteiger charge is 2.24. The Bertz CT molecular complexity index is 819. The highest BCUT2D eigenvalue weighted by atomic mass is 79.9. The molecule has 0 unspecified atom stereocenters. The predicted octanol–water partition coefficient (Wildman–Crippen LogP) is 4.08. The lowest BCUT2D eigenvalue weighted by Crippen LogP contribution is -2.48.